The number of fused-ring (bicyclic) bond motifs is 2. The molecule has 0 aliphatic carbocycles. The number of amides is 1. The molecule has 0 atom stereocenters. The largest absolute Gasteiger partial charge is 0.495 e. The second-order valence-corrected chi connectivity index (χ2v) is 9.57. The molecular formula is C26H26ClN8O2+. The summed E-state index contributed by atoms with van der Waals surface area (Å²) in [6.07, 6.45) is 3.49. The van der Waals surface area contributed by atoms with E-state index >= 15 is 0 Å². The van der Waals surface area contributed by atoms with Crippen LogP contribution in [0.2, 0.25) is 5.02 Å². The van der Waals surface area contributed by atoms with Gasteiger partial charge in [-0.1, -0.05) is 23.7 Å². The van der Waals surface area contributed by atoms with Gasteiger partial charge in [-0.15, -0.1) is 0 Å². The first-order chi connectivity index (χ1) is 18.0. The van der Waals surface area contributed by atoms with Crippen LogP contribution in [-0.4, -0.2) is 50.8 Å². The summed E-state index contributed by atoms with van der Waals surface area (Å²) in [6.45, 7) is 2.10. The van der Waals surface area contributed by atoms with Crippen LogP contribution in [0.5, 0.6) is 5.75 Å². The smallest absolute Gasteiger partial charge is 0.272 e. The molecule has 1 saturated heterocycles. The molecule has 2 aromatic carbocycles. The van der Waals surface area contributed by atoms with Crippen LogP contribution >= 0.6 is 11.6 Å². The lowest BCUT2D eigenvalue weighted by molar-refractivity contribution is -0.664. The SMILES string of the molecule is COc1cc(-c2nn(C3CC[NH2+]CC3)c3ncnc(N)c23)ccc1NC(=O)c1cc2ccc(Cl)cc2[nH]1. The third kappa shape index (κ3) is 4.24. The molecule has 1 aliphatic heterocycles. The zero-order chi connectivity index (χ0) is 25.5. The van der Waals surface area contributed by atoms with Gasteiger partial charge in [0.1, 0.15) is 29.3 Å². The molecule has 11 heteroatoms. The average molecular weight is 518 g/mol. The zero-order valence-corrected chi connectivity index (χ0v) is 20.9. The van der Waals surface area contributed by atoms with E-state index in [0.717, 1.165) is 48.0 Å². The number of nitrogens with one attached hydrogen (secondary N) is 2. The number of nitrogens with zero attached hydrogens (tertiary/aromatic N) is 4. The summed E-state index contributed by atoms with van der Waals surface area (Å²) in [5.41, 5.74) is 10.2. The van der Waals surface area contributed by atoms with Gasteiger partial charge in [0.2, 0.25) is 0 Å². The molecule has 0 spiro atoms. The third-order valence-corrected chi connectivity index (χ3v) is 7.06. The Kier molecular flexibility index (Phi) is 5.90. The maximum Gasteiger partial charge on any atom is 0.272 e. The summed E-state index contributed by atoms with van der Waals surface area (Å²) in [5.74, 6) is 0.583. The van der Waals surface area contributed by atoms with Crippen LogP contribution in [0.15, 0.2) is 48.8 Å². The van der Waals surface area contributed by atoms with E-state index in [1.54, 1.807) is 31.4 Å². The molecular weight excluding hydrogens is 492 g/mol. The summed E-state index contributed by atoms with van der Waals surface area (Å²) in [6, 6.07) is 13.0. The molecule has 6 N–H and O–H groups in total. The fourth-order valence-electron chi connectivity index (χ4n) is 4.96. The Morgan fingerprint density at radius 1 is 1.19 bits per heavy atom. The minimum Gasteiger partial charge on any atom is -0.495 e. The maximum atomic E-state index is 13.0. The maximum absolute atomic E-state index is 13.0. The zero-order valence-electron chi connectivity index (χ0n) is 20.2. The third-order valence-electron chi connectivity index (χ3n) is 6.82. The molecule has 10 nitrogen and oxygen atoms in total. The van der Waals surface area contributed by atoms with Crippen molar-refractivity contribution in [3.05, 3.63) is 59.5 Å². The van der Waals surface area contributed by atoms with Crippen molar-refractivity contribution in [3.8, 4) is 17.0 Å². The number of aromatic nitrogens is 5. The van der Waals surface area contributed by atoms with Crippen LogP contribution in [0.4, 0.5) is 11.5 Å². The number of hydrogen-bond acceptors (Lipinski definition) is 6. The van der Waals surface area contributed by atoms with E-state index in [4.69, 9.17) is 27.2 Å². The van der Waals surface area contributed by atoms with E-state index in [9.17, 15) is 4.79 Å². The van der Waals surface area contributed by atoms with E-state index < -0.39 is 0 Å². The minimum absolute atomic E-state index is 0.252. The highest BCUT2D eigenvalue weighted by Crippen LogP contribution is 2.37. The van der Waals surface area contributed by atoms with Gasteiger partial charge in [-0.2, -0.15) is 5.10 Å². The first-order valence-corrected chi connectivity index (χ1v) is 12.5. The van der Waals surface area contributed by atoms with Crippen LogP contribution in [0.25, 0.3) is 33.2 Å². The fraction of sp³-hybridized carbons (Fsp3) is 0.231. The van der Waals surface area contributed by atoms with Gasteiger partial charge in [-0.25, -0.2) is 14.6 Å². The molecule has 0 bridgehead atoms. The van der Waals surface area contributed by atoms with Gasteiger partial charge in [-0.05, 0) is 30.3 Å². The second kappa shape index (κ2) is 9.38. The lowest BCUT2D eigenvalue weighted by Gasteiger charge is -2.21. The number of aromatic amines is 1. The van der Waals surface area contributed by atoms with Crippen molar-refractivity contribution < 1.29 is 14.8 Å². The Hall–Kier alpha value is -4.15. The summed E-state index contributed by atoms with van der Waals surface area (Å²) < 4.78 is 7.63. The molecule has 0 saturated carbocycles. The number of quaternary nitrogens is 1. The number of hydrogen-bond donors (Lipinski definition) is 4. The fourth-order valence-corrected chi connectivity index (χ4v) is 5.13. The number of carbonyl (C=O) groups excluding carboxylic acids is 1. The van der Waals surface area contributed by atoms with Crippen molar-refractivity contribution in [2.24, 2.45) is 0 Å². The van der Waals surface area contributed by atoms with Crippen molar-refractivity contribution in [2.45, 2.75) is 18.9 Å². The van der Waals surface area contributed by atoms with Crippen molar-refractivity contribution in [3.63, 3.8) is 0 Å². The molecule has 0 unspecified atom stereocenters. The predicted octanol–water partition coefficient (Wildman–Crippen LogP) is 3.37. The number of nitrogens with two attached hydrogens (primary N) is 2. The van der Waals surface area contributed by atoms with E-state index in [2.05, 4.69) is 25.6 Å². The number of H-pyrrole nitrogens is 1. The number of piperidine rings is 1. The van der Waals surface area contributed by atoms with Gasteiger partial charge in [-0.3, -0.25) is 4.79 Å². The van der Waals surface area contributed by atoms with Crippen LogP contribution in [0.1, 0.15) is 29.4 Å². The van der Waals surface area contributed by atoms with E-state index in [1.165, 1.54) is 6.33 Å². The predicted molar refractivity (Wildman–Crippen MR) is 143 cm³/mol. The lowest BCUT2D eigenvalue weighted by atomic mass is 10.1. The number of halogens is 1. The van der Waals surface area contributed by atoms with Gasteiger partial charge in [0, 0.05) is 34.3 Å². The normalized spacial score (nSPS) is 14.3. The Morgan fingerprint density at radius 2 is 2.03 bits per heavy atom. The monoisotopic (exact) mass is 517 g/mol. The minimum atomic E-state index is -0.292. The van der Waals surface area contributed by atoms with E-state index in [1.807, 2.05) is 22.9 Å². The summed E-state index contributed by atoms with van der Waals surface area (Å²) >= 11 is 6.07. The summed E-state index contributed by atoms with van der Waals surface area (Å²) in [7, 11) is 1.56. The van der Waals surface area contributed by atoms with Crippen molar-refractivity contribution >= 4 is 50.9 Å². The molecule has 5 aromatic rings. The van der Waals surface area contributed by atoms with Crippen molar-refractivity contribution in [2.75, 3.05) is 31.2 Å². The first kappa shape index (κ1) is 23.3. The van der Waals surface area contributed by atoms with Crippen LogP contribution in [0.3, 0.4) is 0 Å². The standard InChI is InChI=1S/C26H25ClN8O2/c1-37-21-11-15(3-5-18(21)33-26(36)20-10-14-2-4-16(27)12-19(14)32-20)23-22-24(28)30-13-31-25(22)35(34-23)17-6-8-29-9-7-17/h2-5,10-13,17,29,32H,6-9H2,1H3,(H,33,36)(H2,28,30,31)/p+1. The number of anilines is 2. The van der Waals surface area contributed by atoms with Crippen molar-refractivity contribution in [1.29, 1.82) is 0 Å². The van der Waals surface area contributed by atoms with Gasteiger partial charge in [0.05, 0.1) is 37.3 Å². The summed E-state index contributed by atoms with van der Waals surface area (Å²) in [5, 5.41) is 12.4. The Morgan fingerprint density at radius 3 is 2.84 bits per heavy atom. The Balaban J connectivity index is 1.35. The highest BCUT2D eigenvalue weighted by atomic mass is 35.5. The molecule has 188 valence electrons. The highest BCUT2D eigenvalue weighted by Gasteiger charge is 2.25. The van der Waals surface area contributed by atoms with Gasteiger partial charge >= 0.3 is 0 Å². The number of carbonyl (C=O) groups is 1. The van der Waals surface area contributed by atoms with Crippen molar-refractivity contribution in [1.82, 2.24) is 24.7 Å². The summed E-state index contributed by atoms with van der Waals surface area (Å²) in [4.78, 5) is 24.9. The quantitative estimate of drug-likeness (QED) is 0.282. The number of methoxy groups -OCH3 is 1. The van der Waals surface area contributed by atoms with Crippen LogP contribution in [0, 0.1) is 0 Å². The number of rotatable bonds is 5. The lowest BCUT2D eigenvalue weighted by Crippen LogP contribution is -2.86. The number of benzene rings is 2. The molecule has 1 amide bonds. The number of ether oxygens (including phenoxy) is 1. The van der Waals surface area contributed by atoms with E-state index in [0.29, 0.717) is 39.1 Å². The van der Waals surface area contributed by atoms with Crippen LogP contribution in [-0.2, 0) is 0 Å². The first-order valence-electron chi connectivity index (χ1n) is 12.1. The molecule has 6 rings (SSSR count). The van der Waals surface area contributed by atoms with Gasteiger partial charge < -0.3 is 26.1 Å². The molecule has 0 radical (unpaired) electrons. The molecule has 1 fully saturated rings. The number of nitrogen functional groups attached to an aromatic ring is 1. The average Bonchev–Trinajstić information content (AvgIpc) is 3.52. The van der Waals surface area contributed by atoms with Crippen LogP contribution < -0.4 is 21.1 Å². The molecule has 1 aliphatic rings. The topological polar surface area (TPSA) is 140 Å². The molecule has 4 heterocycles. The Labute approximate surface area is 217 Å². The second-order valence-electron chi connectivity index (χ2n) is 9.13. The van der Waals surface area contributed by atoms with Gasteiger partial charge in [0.15, 0.2) is 5.65 Å². The molecule has 3 aromatic heterocycles. The molecule has 37 heavy (non-hydrogen) atoms. The Bertz CT molecular complexity index is 1640. The van der Waals surface area contributed by atoms with Gasteiger partial charge in [0.25, 0.3) is 5.91 Å². The van der Waals surface area contributed by atoms with E-state index in [-0.39, 0.29) is 11.9 Å². The highest BCUT2D eigenvalue weighted by molar-refractivity contribution is 6.31.